The Morgan fingerprint density at radius 1 is 0.947 bits per heavy atom. The third kappa shape index (κ3) is 2.41. The van der Waals surface area contributed by atoms with Gasteiger partial charge in [0.1, 0.15) is 5.41 Å². The highest BCUT2D eigenvalue weighted by Gasteiger charge is 2.56. The van der Waals surface area contributed by atoms with Crippen LogP contribution >= 0.6 is 22.7 Å². The first-order valence-electron chi connectivity index (χ1n) is 5.88. The zero-order valence-electron chi connectivity index (χ0n) is 10.0. The Labute approximate surface area is 118 Å². The Balaban J connectivity index is 1.68. The van der Waals surface area contributed by atoms with Crippen molar-refractivity contribution in [2.24, 2.45) is 5.41 Å². The minimum atomic E-state index is -0.885. The maximum absolute atomic E-state index is 12.2. The van der Waals surface area contributed by atoms with E-state index >= 15 is 0 Å². The van der Waals surface area contributed by atoms with Crippen molar-refractivity contribution >= 4 is 45.9 Å². The molecule has 2 N–H and O–H groups in total. The van der Waals surface area contributed by atoms with E-state index in [0.29, 0.717) is 12.8 Å². The lowest BCUT2D eigenvalue weighted by Crippen LogP contribution is -2.35. The molecule has 2 amide bonds. The van der Waals surface area contributed by atoms with Gasteiger partial charge in [-0.25, -0.2) is 0 Å². The molecule has 3 rings (SSSR count). The third-order valence-corrected chi connectivity index (χ3v) is 4.54. The summed E-state index contributed by atoms with van der Waals surface area (Å²) in [6.07, 6.45) is 1.22. The van der Waals surface area contributed by atoms with Crippen LogP contribution in [0.4, 0.5) is 11.4 Å². The molecule has 0 aliphatic heterocycles. The Morgan fingerprint density at radius 2 is 1.42 bits per heavy atom. The summed E-state index contributed by atoms with van der Waals surface area (Å²) in [5, 5.41) is 13.1. The molecule has 6 heteroatoms. The summed E-state index contributed by atoms with van der Waals surface area (Å²) in [4.78, 5) is 24.4. The van der Waals surface area contributed by atoms with Crippen LogP contribution < -0.4 is 10.6 Å². The molecule has 4 nitrogen and oxygen atoms in total. The maximum Gasteiger partial charge on any atom is 0.240 e. The SMILES string of the molecule is O=C(Nc1ccsc1)C1(C(=O)Nc2ccsc2)CC1. The lowest BCUT2D eigenvalue weighted by atomic mass is 10.1. The Hall–Kier alpha value is -1.66. The number of nitrogens with one attached hydrogen (secondary N) is 2. The van der Waals surface area contributed by atoms with E-state index in [2.05, 4.69) is 10.6 Å². The van der Waals surface area contributed by atoms with Gasteiger partial charge in [-0.05, 0) is 35.7 Å². The number of carbonyl (C=O) groups is 2. The van der Waals surface area contributed by atoms with Crippen molar-refractivity contribution in [3.05, 3.63) is 33.7 Å². The van der Waals surface area contributed by atoms with Gasteiger partial charge in [0.05, 0.1) is 11.4 Å². The van der Waals surface area contributed by atoms with E-state index < -0.39 is 5.41 Å². The molecule has 2 aromatic rings. The van der Waals surface area contributed by atoms with E-state index in [1.54, 1.807) is 0 Å². The van der Waals surface area contributed by atoms with Crippen molar-refractivity contribution in [3.8, 4) is 0 Å². The number of hydrogen-bond donors (Lipinski definition) is 2. The van der Waals surface area contributed by atoms with Crippen LogP contribution in [0.5, 0.6) is 0 Å². The second-order valence-electron chi connectivity index (χ2n) is 4.51. The standard InChI is InChI=1S/C13H12N2O2S2/c16-11(14-9-1-5-18-7-9)13(3-4-13)12(17)15-10-2-6-19-8-10/h1-2,5-8H,3-4H2,(H,14,16)(H,15,17). The van der Waals surface area contributed by atoms with E-state index in [1.807, 2.05) is 33.7 Å². The average molecular weight is 292 g/mol. The van der Waals surface area contributed by atoms with Crippen molar-refractivity contribution in [2.75, 3.05) is 10.6 Å². The largest absolute Gasteiger partial charge is 0.324 e. The summed E-state index contributed by atoms with van der Waals surface area (Å²) >= 11 is 3.02. The lowest BCUT2D eigenvalue weighted by Gasteiger charge is -2.14. The van der Waals surface area contributed by atoms with Crippen LogP contribution in [-0.2, 0) is 9.59 Å². The summed E-state index contributed by atoms with van der Waals surface area (Å²) in [6, 6.07) is 3.66. The fraction of sp³-hybridized carbons (Fsp3) is 0.231. The van der Waals surface area contributed by atoms with Crippen LogP contribution in [0.15, 0.2) is 33.7 Å². The molecule has 0 radical (unpaired) electrons. The molecule has 2 heterocycles. The summed E-state index contributed by atoms with van der Waals surface area (Å²) in [5.41, 5.74) is 0.623. The van der Waals surface area contributed by atoms with Crippen LogP contribution in [0.2, 0.25) is 0 Å². The van der Waals surface area contributed by atoms with E-state index in [1.165, 1.54) is 22.7 Å². The van der Waals surface area contributed by atoms with Crippen LogP contribution in [0.3, 0.4) is 0 Å². The molecule has 0 atom stereocenters. The van der Waals surface area contributed by atoms with Crippen molar-refractivity contribution in [2.45, 2.75) is 12.8 Å². The zero-order chi connectivity index (χ0) is 13.3. The number of hydrogen-bond acceptors (Lipinski definition) is 4. The van der Waals surface area contributed by atoms with Crippen LogP contribution in [0.25, 0.3) is 0 Å². The minimum Gasteiger partial charge on any atom is -0.324 e. The molecule has 1 saturated carbocycles. The van der Waals surface area contributed by atoms with Crippen LogP contribution in [0.1, 0.15) is 12.8 Å². The summed E-state index contributed by atoms with van der Waals surface area (Å²) in [5.74, 6) is -0.419. The normalized spacial score (nSPS) is 15.8. The quantitative estimate of drug-likeness (QED) is 0.850. The van der Waals surface area contributed by atoms with Gasteiger partial charge in [0.15, 0.2) is 0 Å². The molecule has 0 spiro atoms. The fourth-order valence-electron chi connectivity index (χ4n) is 1.85. The third-order valence-electron chi connectivity index (χ3n) is 3.18. The number of amides is 2. The smallest absolute Gasteiger partial charge is 0.240 e. The number of anilines is 2. The molecule has 19 heavy (non-hydrogen) atoms. The predicted molar refractivity (Wildman–Crippen MR) is 77.6 cm³/mol. The Kier molecular flexibility index (Phi) is 3.12. The highest BCUT2D eigenvalue weighted by molar-refractivity contribution is 7.08. The molecule has 98 valence electrons. The topological polar surface area (TPSA) is 58.2 Å². The average Bonchev–Trinajstić information content (AvgIpc) is 2.81. The van der Waals surface area contributed by atoms with Gasteiger partial charge in [0.2, 0.25) is 11.8 Å². The van der Waals surface area contributed by atoms with Crippen LogP contribution in [-0.4, -0.2) is 11.8 Å². The Morgan fingerprint density at radius 3 is 1.74 bits per heavy atom. The molecule has 1 fully saturated rings. The lowest BCUT2D eigenvalue weighted by molar-refractivity contribution is -0.131. The van der Waals surface area contributed by atoms with Gasteiger partial charge in [0.25, 0.3) is 0 Å². The first-order chi connectivity index (χ1) is 9.21. The predicted octanol–water partition coefficient (Wildman–Crippen LogP) is 3.17. The molecular weight excluding hydrogens is 280 g/mol. The van der Waals surface area contributed by atoms with Gasteiger partial charge in [-0.1, -0.05) is 0 Å². The van der Waals surface area contributed by atoms with Crippen molar-refractivity contribution in [1.29, 1.82) is 0 Å². The molecule has 0 bridgehead atoms. The zero-order valence-corrected chi connectivity index (χ0v) is 11.6. The first kappa shape index (κ1) is 12.4. The number of thiophene rings is 2. The molecule has 1 aliphatic carbocycles. The highest BCUT2D eigenvalue weighted by Crippen LogP contribution is 2.47. The van der Waals surface area contributed by atoms with E-state index in [-0.39, 0.29) is 11.8 Å². The molecule has 1 aliphatic rings. The summed E-state index contributed by atoms with van der Waals surface area (Å²) in [6.45, 7) is 0. The van der Waals surface area contributed by atoms with Crippen molar-refractivity contribution in [3.63, 3.8) is 0 Å². The van der Waals surface area contributed by atoms with E-state index in [0.717, 1.165) is 11.4 Å². The van der Waals surface area contributed by atoms with Gasteiger partial charge in [-0.15, -0.1) is 0 Å². The first-order valence-corrected chi connectivity index (χ1v) is 7.77. The van der Waals surface area contributed by atoms with Gasteiger partial charge >= 0.3 is 0 Å². The van der Waals surface area contributed by atoms with Crippen molar-refractivity contribution in [1.82, 2.24) is 0 Å². The second kappa shape index (κ2) is 4.79. The molecule has 2 aromatic heterocycles. The molecule has 0 aromatic carbocycles. The minimum absolute atomic E-state index is 0.210. The summed E-state index contributed by atoms with van der Waals surface area (Å²) < 4.78 is 0. The highest BCUT2D eigenvalue weighted by atomic mass is 32.1. The molecule has 0 saturated heterocycles. The fourth-order valence-corrected chi connectivity index (χ4v) is 3.03. The van der Waals surface area contributed by atoms with E-state index in [9.17, 15) is 9.59 Å². The summed E-state index contributed by atoms with van der Waals surface area (Å²) in [7, 11) is 0. The van der Waals surface area contributed by atoms with E-state index in [4.69, 9.17) is 0 Å². The van der Waals surface area contributed by atoms with Crippen molar-refractivity contribution < 1.29 is 9.59 Å². The van der Waals surface area contributed by atoms with Gasteiger partial charge in [0, 0.05) is 10.8 Å². The molecule has 0 unspecified atom stereocenters. The second-order valence-corrected chi connectivity index (χ2v) is 6.07. The monoisotopic (exact) mass is 292 g/mol. The Bertz CT molecular complexity index is 536. The van der Waals surface area contributed by atoms with Gasteiger partial charge in [-0.2, -0.15) is 22.7 Å². The van der Waals surface area contributed by atoms with Crippen LogP contribution in [0, 0.1) is 5.41 Å². The number of carbonyl (C=O) groups excluding carboxylic acids is 2. The van der Waals surface area contributed by atoms with Gasteiger partial charge in [-0.3, -0.25) is 9.59 Å². The molecular formula is C13H12N2O2S2. The van der Waals surface area contributed by atoms with Gasteiger partial charge < -0.3 is 10.6 Å². The maximum atomic E-state index is 12.2. The number of rotatable bonds is 4.